The number of aliphatic hydroxyl groups is 2. The number of ether oxygens (including phenoxy) is 2. The van der Waals surface area contributed by atoms with Gasteiger partial charge in [-0.05, 0) is 0 Å². The van der Waals surface area contributed by atoms with Gasteiger partial charge in [0.1, 0.15) is 13.2 Å². The van der Waals surface area contributed by atoms with Gasteiger partial charge in [0.15, 0.2) is 11.5 Å². The van der Waals surface area contributed by atoms with Crippen LogP contribution in [0.2, 0.25) is 0 Å². The predicted octanol–water partition coefficient (Wildman–Crippen LogP) is 0.746. The van der Waals surface area contributed by atoms with Gasteiger partial charge in [-0.2, -0.15) is 0 Å². The molecule has 0 spiro atoms. The maximum atomic E-state index is 8.92. The molecule has 1 heterocycles. The molecule has 1 rings (SSSR count). The van der Waals surface area contributed by atoms with E-state index >= 15 is 0 Å². The van der Waals surface area contributed by atoms with Gasteiger partial charge in [-0.1, -0.05) is 13.8 Å². The minimum absolute atomic E-state index is 0.225. The highest BCUT2D eigenvalue weighted by Gasteiger charge is 2.39. The SMILES string of the molecule is CCC1(CC)OC(CO)=C(CO)O1. The summed E-state index contributed by atoms with van der Waals surface area (Å²) in [5.41, 5.74) is 0. The van der Waals surface area contributed by atoms with Crippen LogP contribution < -0.4 is 0 Å². The van der Waals surface area contributed by atoms with Crippen molar-refractivity contribution in [1.29, 1.82) is 0 Å². The minimum Gasteiger partial charge on any atom is -0.451 e. The van der Waals surface area contributed by atoms with E-state index in [0.29, 0.717) is 24.4 Å². The Labute approximate surface area is 77.8 Å². The maximum Gasteiger partial charge on any atom is 0.250 e. The molecule has 0 atom stereocenters. The summed E-state index contributed by atoms with van der Waals surface area (Å²) in [6.07, 6.45) is 1.38. The van der Waals surface area contributed by atoms with E-state index in [4.69, 9.17) is 19.7 Å². The molecule has 4 nitrogen and oxygen atoms in total. The first kappa shape index (κ1) is 10.3. The average Bonchev–Trinajstić information content (AvgIpc) is 2.57. The van der Waals surface area contributed by atoms with E-state index in [0.717, 1.165) is 0 Å². The first-order valence-electron chi connectivity index (χ1n) is 4.53. The molecule has 1 aliphatic rings. The lowest BCUT2D eigenvalue weighted by atomic mass is 10.1. The second-order valence-electron chi connectivity index (χ2n) is 2.98. The lowest BCUT2D eigenvalue weighted by molar-refractivity contribution is -0.162. The van der Waals surface area contributed by atoms with Gasteiger partial charge in [-0.3, -0.25) is 0 Å². The van der Waals surface area contributed by atoms with Crippen molar-refractivity contribution < 1.29 is 19.7 Å². The molecule has 1 aliphatic heterocycles. The zero-order valence-electron chi connectivity index (χ0n) is 8.04. The molecule has 0 saturated heterocycles. The molecule has 4 heteroatoms. The third-order valence-electron chi connectivity index (χ3n) is 2.29. The summed E-state index contributed by atoms with van der Waals surface area (Å²) in [6, 6.07) is 0. The number of hydrogen-bond acceptors (Lipinski definition) is 4. The Morgan fingerprint density at radius 2 is 1.38 bits per heavy atom. The maximum absolute atomic E-state index is 8.92. The summed E-state index contributed by atoms with van der Waals surface area (Å²) < 4.78 is 10.9. The zero-order valence-corrected chi connectivity index (χ0v) is 8.04. The predicted molar refractivity (Wildman–Crippen MR) is 46.7 cm³/mol. The van der Waals surface area contributed by atoms with E-state index in [1.807, 2.05) is 13.8 Å². The van der Waals surface area contributed by atoms with Crippen molar-refractivity contribution in [1.82, 2.24) is 0 Å². The molecule has 13 heavy (non-hydrogen) atoms. The van der Waals surface area contributed by atoms with Crippen molar-refractivity contribution >= 4 is 0 Å². The molecule has 0 saturated carbocycles. The largest absolute Gasteiger partial charge is 0.451 e. The molecule has 0 fully saturated rings. The van der Waals surface area contributed by atoms with Crippen molar-refractivity contribution in [3.63, 3.8) is 0 Å². The van der Waals surface area contributed by atoms with Crippen molar-refractivity contribution in [2.75, 3.05) is 13.2 Å². The second kappa shape index (κ2) is 3.98. The van der Waals surface area contributed by atoms with Crippen LogP contribution in [0.1, 0.15) is 26.7 Å². The van der Waals surface area contributed by atoms with E-state index < -0.39 is 5.79 Å². The van der Waals surface area contributed by atoms with Crippen LogP contribution in [-0.2, 0) is 9.47 Å². The minimum atomic E-state index is -0.671. The Bertz CT molecular complexity index is 188. The molecule has 0 aromatic rings. The lowest BCUT2D eigenvalue weighted by Gasteiger charge is -2.26. The third-order valence-corrected chi connectivity index (χ3v) is 2.29. The van der Waals surface area contributed by atoms with Crippen LogP contribution in [0, 0.1) is 0 Å². The van der Waals surface area contributed by atoms with Gasteiger partial charge < -0.3 is 19.7 Å². The van der Waals surface area contributed by atoms with E-state index in [1.165, 1.54) is 0 Å². The molecule has 0 bridgehead atoms. The summed E-state index contributed by atoms with van der Waals surface area (Å²) in [5, 5.41) is 17.8. The van der Waals surface area contributed by atoms with Crippen LogP contribution in [0.25, 0.3) is 0 Å². The van der Waals surface area contributed by atoms with Crippen molar-refractivity contribution in [3.8, 4) is 0 Å². The number of hydrogen-bond donors (Lipinski definition) is 2. The molecule has 2 N–H and O–H groups in total. The smallest absolute Gasteiger partial charge is 0.250 e. The quantitative estimate of drug-likeness (QED) is 0.683. The molecule has 0 aromatic heterocycles. The third kappa shape index (κ3) is 1.78. The zero-order chi connectivity index (χ0) is 9.90. The highest BCUT2D eigenvalue weighted by molar-refractivity contribution is 5.09. The summed E-state index contributed by atoms with van der Waals surface area (Å²) in [6.45, 7) is 3.44. The van der Waals surface area contributed by atoms with Gasteiger partial charge in [0, 0.05) is 12.8 Å². The van der Waals surface area contributed by atoms with Gasteiger partial charge in [-0.25, -0.2) is 0 Å². The highest BCUT2D eigenvalue weighted by Crippen LogP contribution is 2.35. The normalized spacial score (nSPS) is 20.0. The van der Waals surface area contributed by atoms with Crippen LogP contribution in [0.3, 0.4) is 0 Å². The summed E-state index contributed by atoms with van der Waals surface area (Å²) in [5.74, 6) is 0.0354. The van der Waals surface area contributed by atoms with E-state index in [2.05, 4.69) is 0 Å². The van der Waals surface area contributed by atoms with Gasteiger partial charge in [0.2, 0.25) is 5.79 Å². The standard InChI is InChI=1S/C9H16O4/c1-3-9(4-2)12-7(5-10)8(6-11)13-9/h10-11H,3-6H2,1-2H3. The van der Waals surface area contributed by atoms with E-state index in [9.17, 15) is 0 Å². The van der Waals surface area contributed by atoms with Crippen LogP contribution >= 0.6 is 0 Å². The lowest BCUT2D eigenvalue weighted by Crippen LogP contribution is -2.29. The summed E-state index contributed by atoms with van der Waals surface area (Å²) in [7, 11) is 0. The average molecular weight is 188 g/mol. The summed E-state index contributed by atoms with van der Waals surface area (Å²) in [4.78, 5) is 0. The fourth-order valence-electron chi connectivity index (χ4n) is 1.36. The van der Waals surface area contributed by atoms with Crippen molar-refractivity contribution in [2.45, 2.75) is 32.5 Å². The topological polar surface area (TPSA) is 58.9 Å². The Morgan fingerprint density at radius 3 is 1.62 bits per heavy atom. The molecule has 0 aromatic carbocycles. The molecule has 0 amide bonds. The van der Waals surface area contributed by atoms with Gasteiger partial charge in [0.25, 0.3) is 0 Å². The Morgan fingerprint density at radius 1 is 1.00 bits per heavy atom. The fourth-order valence-corrected chi connectivity index (χ4v) is 1.36. The molecular weight excluding hydrogens is 172 g/mol. The highest BCUT2D eigenvalue weighted by atomic mass is 16.7. The summed E-state index contributed by atoms with van der Waals surface area (Å²) >= 11 is 0. The second-order valence-corrected chi connectivity index (χ2v) is 2.98. The number of rotatable bonds is 4. The Hall–Kier alpha value is -0.740. The van der Waals surface area contributed by atoms with E-state index in [1.54, 1.807) is 0 Å². The van der Waals surface area contributed by atoms with Crippen molar-refractivity contribution in [2.24, 2.45) is 0 Å². The van der Waals surface area contributed by atoms with Crippen LogP contribution in [0.15, 0.2) is 11.5 Å². The Kier molecular flexibility index (Phi) is 3.17. The van der Waals surface area contributed by atoms with Gasteiger partial charge in [0.05, 0.1) is 0 Å². The molecular formula is C9H16O4. The first-order chi connectivity index (χ1) is 6.21. The molecule has 0 radical (unpaired) electrons. The molecule has 0 unspecified atom stereocenters. The van der Waals surface area contributed by atoms with Crippen LogP contribution in [0.5, 0.6) is 0 Å². The number of aliphatic hydroxyl groups excluding tert-OH is 2. The molecule has 76 valence electrons. The van der Waals surface area contributed by atoms with Gasteiger partial charge >= 0.3 is 0 Å². The first-order valence-corrected chi connectivity index (χ1v) is 4.53. The Balaban J connectivity index is 2.75. The van der Waals surface area contributed by atoms with Gasteiger partial charge in [-0.15, -0.1) is 0 Å². The van der Waals surface area contributed by atoms with Crippen LogP contribution in [-0.4, -0.2) is 29.2 Å². The molecule has 0 aliphatic carbocycles. The van der Waals surface area contributed by atoms with Crippen LogP contribution in [0.4, 0.5) is 0 Å². The monoisotopic (exact) mass is 188 g/mol. The van der Waals surface area contributed by atoms with Crippen molar-refractivity contribution in [3.05, 3.63) is 11.5 Å². The fraction of sp³-hybridized carbons (Fsp3) is 0.778. The van der Waals surface area contributed by atoms with E-state index in [-0.39, 0.29) is 13.2 Å².